The number of carbonyl (C=O) groups excluding carboxylic acids is 1. The molecular weight excluding hydrogens is 242 g/mol. The number of rotatable bonds is 5. The van der Waals surface area contributed by atoms with Gasteiger partial charge in [0.2, 0.25) is 0 Å². The lowest BCUT2D eigenvalue weighted by Gasteiger charge is -2.06. The molecule has 0 saturated carbocycles. The minimum Gasteiger partial charge on any atom is -0.352 e. The van der Waals surface area contributed by atoms with Crippen LogP contribution in [0.2, 0.25) is 0 Å². The van der Waals surface area contributed by atoms with Crippen molar-refractivity contribution in [1.82, 2.24) is 15.1 Å². The SMILES string of the molecule is O=C(NCCCn1ncccc1=O)c1ccccc1. The lowest BCUT2D eigenvalue weighted by molar-refractivity contribution is 0.0952. The van der Waals surface area contributed by atoms with Crippen molar-refractivity contribution in [1.29, 1.82) is 0 Å². The molecule has 98 valence electrons. The highest BCUT2D eigenvalue weighted by atomic mass is 16.1. The van der Waals surface area contributed by atoms with Crippen LogP contribution in [0.15, 0.2) is 53.5 Å². The molecule has 0 saturated heterocycles. The van der Waals surface area contributed by atoms with E-state index in [1.54, 1.807) is 24.4 Å². The summed E-state index contributed by atoms with van der Waals surface area (Å²) in [4.78, 5) is 23.1. The Hall–Kier alpha value is -2.43. The minimum atomic E-state index is -0.128. The predicted molar refractivity (Wildman–Crippen MR) is 71.9 cm³/mol. The maximum absolute atomic E-state index is 11.7. The molecule has 5 heteroatoms. The van der Waals surface area contributed by atoms with E-state index in [9.17, 15) is 9.59 Å². The van der Waals surface area contributed by atoms with Gasteiger partial charge in [0.15, 0.2) is 0 Å². The first kappa shape index (κ1) is 13.0. The fraction of sp³-hybridized carbons (Fsp3) is 0.214. The summed E-state index contributed by atoms with van der Waals surface area (Å²) in [6, 6.07) is 12.1. The summed E-state index contributed by atoms with van der Waals surface area (Å²) >= 11 is 0. The second-order valence-corrected chi connectivity index (χ2v) is 4.06. The Morgan fingerprint density at radius 1 is 1.16 bits per heavy atom. The molecule has 1 aromatic carbocycles. The van der Waals surface area contributed by atoms with E-state index in [4.69, 9.17) is 0 Å². The first-order valence-electron chi connectivity index (χ1n) is 6.13. The van der Waals surface area contributed by atoms with Crippen molar-refractivity contribution in [3.05, 3.63) is 64.6 Å². The average Bonchev–Trinajstić information content (AvgIpc) is 2.46. The van der Waals surface area contributed by atoms with Gasteiger partial charge >= 0.3 is 0 Å². The van der Waals surface area contributed by atoms with Crippen molar-refractivity contribution < 1.29 is 4.79 Å². The van der Waals surface area contributed by atoms with Gasteiger partial charge in [0.05, 0.1) is 0 Å². The first-order valence-corrected chi connectivity index (χ1v) is 6.13. The molecule has 0 bridgehead atoms. The highest BCUT2D eigenvalue weighted by Crippen LogP contribution is 1.97. The summed E-state index contributed by atoms with van der Waals surface area (Å²) in [5.74, 6) is -0.103. The summed E-state index contributed by atoms with van der Waals surface area (Å²) in [6.07, 6.45) is 2.24. The monoisotopic (exact) mass is 257 g/mol. The molecule has 0 aliphatic heterocycles. The Kier molecular flexibility index (Phi) is 4.44. The van der Waals surface area contributed by atoms with Crippen LogP contribution in [0.5, 0.6) is 0 Å². The van der Waals surface area contributed by atoms with Crippen LogP contribution in [0.1, 0.15) is 16.8 Å². The molecule has 5 nitrogen and oxygen atoms in total. The molecule has 19 heavy (non-hydrogen) atoms. The van der Waals surface area contributed by atoms with Gasteiger partial charge in [-0.3, -0.25) is 9.59 Å². The van der Waals surface area contributed by atoms with E-state index >= 15 is 0 Å². The van der Waals surface area contributed by atoms with E-state index < -0.39 is 0 Å². The highest BCUT2D eigenvalue weighted by Gasteiger charge is 2.03. The number of hydrogen-bond donors (Lipinski definition) is 1. The van der Waals surface area contributed by atoms with Gasteiger partial charge in [0, 0.05) is 30.9 Å². The molecule has 0 unspecified atom stereocenters. The maximum Gasteiger partial charge on any atom is 0.266 e. The second-order valence-electron chi connectivity index (χ2n) is 4.06. The summed E-state index contributed by atoms with van der Waals surface area (Å²) in [5.41, 5.74) is 0.509. The van der Waals surface area contributed by atoms with Crippen molar-refractivity contribution in [3.63, 3.8) is 0 Å². The molecule has 1 N–H and O–H groups in total. The van der Waals surface area contributed by atoms with Crippen LogP contribution >= 0.6 is 0 Å². The zero-order valence-corrected chi connectivity index (χ0v) is 10.5. The molecule has 0 spiro atoms. The molecule has 1 aromatic heterocycles. The third-order valence-electron chi connectivity index (χ3n) is 2.65. The molecule has 0 fully saturated rings. The zero-order chi connectivity index (χ0) is 13.5. The zero-order valence-electron chi connectivity index (χ0n) is 10.5. The van der Waals surface area contributed by atoms with Gasteiger partial charge in [-0.15, -0.1) is 0 Å². The third kappa shape index (κ3) is 3.77. The van der Waals surface area contributed by atoms with Gasteiger partial charge in [-0.2, -0.15) is 5.10 Å². The van der Waals surface area contributed by atoms with Crippen molar-refractivity contribution >= 4 is 5.91 Å². The summed E-state index contributed by atoms with van der Waals surface area (Å²) in [5, 5.41) is 6.75. The van der Waals surface area contributed by atoms with Crippen molar-refractivity contribution in [2.24, 2.45) is 0 Å². The van der Waals surface area contributed by atoms with E-state index in [0.717, 1.165) is 0 Å². The van der Waals surface area contributed by atoms with Crippen LogP contribution in [0.4, 0.5) is 0 Å². The smallest absolute Gasteiger partial charge is 0.266 e. The summed E-state index contributed by atoms with van der Waals surface area (Å²) in [7, 11) is 0. The second kappa shape index (κ2) is 6.49. The standard InChI is InChI=1S/C14H15N3O2/c18-13-8-4-10-16-17(13)11-5-9-15-14(19)12-6-2-1-3-7-12/h1-4,6-8,10H,5,9,11H2,(H,15,19). The number of amides is 1. The molecule has 0 radical (unpaired) electrons. The molecule has 2 rings (SSSR count). The number of nitrogens with zero attached hydrogens (tertiary/aromatic N) is 2. The average molecular weight is 257 g/mol. The number of nitrogens with one attached hydrogen (secondary N) is 1. The highest BCUT2D eigenvalue weighted by molar-refractivity contribution is 5.94. The molecule has 0 aliphatic rings. The summed E-state index contributed by atoms with van der Waals surface area (Å²) in [6.45, 7) is 1.01. The Bertz CT molecular complexity index is 593. The maximum atomic E-state index is 11.7. The van der Waals surface area contributed by atoms with E-state index in [0.29, 0.717) is 25.1 Å². The third-order valence-corrected chi connectivity index (χ3v) is 2.65. The van der Waals surface area contributed by atoms with E-state index in [-0.39, 0.29) is 11.5 Å². The molecule has 1 amide bonds. The fourth-order valence-corrected chi connectivity index (χ4v) is 1.68. The topological polar surface area (TPSA) is 64.0 Å². The van der Waals surface area contributed by atoms with Gasteiger partial charge in [0.25, 0.3) is 11.5 Å². The van der Waals surface area contributed by atoms with Crippen LogP contribution < -0.4 is 10.9 Å². The van der Waals surface area contributed by atoms with E-state index in [1.807, 2.05) is 18.2 Å². The van der Waals surface area contributed by atoms with Crippen LogP contribution in [-0.4, -0.2) is 22.2 Å². The van der Waals surface area contributed by atoms with Crippen molar-refractivity contribution in [2.75, 3.05) is 6.54 Å². The quantitative estimate of drug-likeness (QED) is 0.815. The summed E-state index contributed by atoms with van der Waals surface area (Å²) < 4.78 is 1.38. The van der Waals surface area contributed by atoms with Crippen LogP contribution in [0, 0.1) is 0 Å². The fourth-order valence-electron chi connectivity index (χ4n) is 1.68. The lowest BCUT2D eigenvalue weighted by atomic mass is 10.2. The van der Waals surface area contributed by atoms with Gasteiger partial charge in [-0.1, -0.05) is 18.2 Å². The lowest BCUT2D eigenvalue weighted by Crippen LogP contribution is -2.27. The number of hydrogen-bond acceptors (Lipinski definition) is 3. The molecule has 1 heterocycles. The number of carbonyl (C=O) groups is 1. The van der Waals surface area contributed by atoms with Crippen LogP contribution in [0.25, 0.3) is 0 Å². The minimum absolute atomic E-state index is 0.103. The van der Waals surface area contributed by atoms with Crippen LogP contribution in [-0.2, 0) is 6.54 Å². The van der Waals surface area contributed by atoms with Crippen molar-refractivity contribution in [3.8, 4) is 0 Å². The normalized spacial score (nSPS) is 10.1. The van der Waals surface area contributed by atoms with Crippen molar-refractivity contribution in [2.45, 2.75) is 13.0 Å². The number of benzene rings is 1. The number of aryl methyl sites for hydroxylation is 1. The Morgan fingerprint density at radius 2 is 1.95 bits per heavy atom. The largest absolute Gasteiger partial charge is 0.352 e. The predicted octanol–water partition coefficient (Wildman–Crippen LogP) is 1.06. The van der Waals surface area contributed by atoms with Gasteiger partial charge in [0.1, 0.15) is 0 Å². The first-order chi connectivity index (χ1) is 9.27. The Labute approximate surface area is 110 Å². The van der Waals surface area contributed by atoms with Gasteiger partial charge in [-0.25, -0.2) is 4.68 Å². The van der Waals surface area contributed by atoms with Gasteiger partial charge < -0.3 is 5.32 Å². The molecule has 0 atom stereocenters. The Morgan fingerprint density at radius 3 is 2.68 bits per heavy atom. The van der Waals surface area contributed by atoms with Crippen LogP contribution in [0.3, 0.4) is 0 Å². The molecule has 2 aromatic rings. The van der Waals surface area contributed by atoms with E-state index in [2.05, 4.69) is 10.4 Å². The molecule has 0 aliphatic carbocycles. The van der Waals surface area contributed by atoms with Gasteiger partial charge in [-0.05, 0) is 24.6 Å². The number of aromatic nitrogens is 2. The Balaban J connectivity index is 1.77. The van der Waals surface area contributed by atoms with E-state index in [1.165, 1.54) is 10.7 Å². The molecular formula is C14H15N3O2.